The zero-order valence-corrected chi connectivity index (χ0v) is 14.6. The van der Waals surface area contributed by atoms with Gasteiger partial charge in [-0.05, 0) is 12.1 Å². The highest BCUT2D eigenvalue weighted by molar-refractivity contribution is 5.82. The predicted molar refractivity (Wildman–Crippen MR) is 97.4 cm³/mol. The Bertz CT molecular complexity index is 888. The SMILES string of the molecule is OC[C@H]1O[C@@H](n2cnc3c(NCCOc4ccccc4)ncnc32)C[C@@H]1O. The summed E-state index contributed by atoms with van der Waals surface area (Å²) < 4.78 is 13.1. The maximum atomic E-state index is 9.94. The Kier molecular flexibility index (Phi) is 5.14. The first-order valence-electron chi connectivity index (χ1n) is 8.80. The van der Waals surface area contributed by atoms with E-state index in [4.69, 9.17) is 9.47 Å². The standard InChI is InChI=1S/C18H21N5O4/c24-9-14-13(25)8-15(27-14)23-11-22-16-17(20-10-21-18(16)23)19-6-7-26-12-4-2-1-3-5-12/h1-5,10-11,13-15,24-25H,6-9H2,(H,19,20,21)/t13-,14+,15+/m0/s1. The van der Waals surface area contributed by atoms with Crippen LogP contribution in [-0.2, 0) is 4.74 Å². The van der Waals surface area contributed by atoms with Crippen LogP contribution in [0.5, 0.6) is 5.75 Å². The summed E-state index contributed by atoms with van der Waals surface area (Å²) in [7, 11) is 0. The molecule has 0 spiro atoms. The third kappa shape index (κ3) is 3.70. The molecule has 3 N–H and O–H groups in total. The van der Waals surface area contributed by atoms with Crippen molar-refractivity contribution in [3.8, 4) is 5.75 Å². The van der Waals surface area contributed by atoms with Gasteiger partial charge >= 0.3 is 0 Å². The molecule has 1 saturated heterocycles. The Labute approximate surface area is 155 Å². The van der Waals surface area contributed by atoms with Gasteiger partial charge in [-0.3, -0.25) is 4.57 Å². The molecular formula is C18H21N5O4. The van der Waals surface area contributed by atoms with Crippen LogP contribution in [-0.4, -0.2) is 61.7 Å². The van der Waals surface area contributed by atoms with Crippen LogP contribution in [0.1, 0.15) is 12.6 Å². The second kappa shape index (κ2) is 7.87. The number of nitrogens with one attached hydrogen (secondary N) is 1. The summed E-state index contributed by atoms with van der Waals surface area (Å²) in [5.74, 6) is 1.42. The smallest absolute Gasteiger partial charge is 0.167 e. The molecule has 0 unspecified atom stereocenters. The molecule has 1 aliphatic rings. The molecule has 0 saturated carbocycles. The van der Waals surface area contributed by atoms with E-state index in [0.717, 1.165) is 5.75 Å². The van der Waals surface area contributed by atoms with Crippen molar-refractivity contribution in [3.05, 3.63) is 43.0 Å². The van der Waals surface area contributed by atoms with Crippen LogP contribution in [0.4, 0.5) is 5.82 Å². The number of para-hydroxylation sites is 1. The number of hydrogen-bond acceptors (Lipinski definition) is 8. The molecule has 27 heavy (non-hydrogen) atoms. The van der Waals surface area contributed by atoms with E-state index in [1.807, 2.05) is 30.3 Å². The average molecular weight is 371 g/mol. The number of aromatic nitrogens is 4. The molecule has 3 aromatic rings. The van der Waals surface area contributed by atoms with Crippen LogP contribution in [0, 0.1) is 0 Å². The zero-order valence-electron chi connectivity index (χ0n) is 14.6. The fourth-order valence-corrected chi connectivity index (χ4v) is 3.10. The molecule has 1 aliphatic heterocycles. The quantitative estimate of drug-likeness (QED) is 0.526. The monoisotopic (exact) mass is 371 g/mol. The van der Waals surface area contributed by atoms with Gasteiger partial charge in [-0.25, -0.2) is 15.0 Å². The Hall–Kier alpha value is -2.75. The first-order valence-corrected chi connectivity index (χ1v) is 8.80. The lowest BCUT2D eigenvalue weighted by Crippen LogP contribution is -2.24. The lowest BCUT2D eigenvalue weighted by molar-refractivity contribution is -0.0432. The van der Waals surface area contributed by atoms with E-state index in [2.05, 4.69) is 20.3 Å². The van der Waals surface area contributed by atoms with Crippen molar-refractivity contribution in [2.45, 2.75) is 24.9 Å². The molecule has 3 heterocycles. The summed E-state index contributed by atoms with van der Waals surface area (Å²) >= 11 is 0. The van der Waals surface area contributed by atoms with E-state index in [1.54, 1.807) is 10.9 Å². The van der Waals surface area contributed by atoms with Gasteiger partial charge in [0, 0.05) is 6.42 Å². The molecule has 1 aromatic carbocycles. The van der Waals surface area contributed by atoms with Gasteiger partial charge in [-0.2, -0.15) is 0 Å². The molecule has 0 bridgehead atoms. The van der Waals surface area contributed by atoms with Crippen LogP contribution in [0.15, 0.2) is 43.0 Å². The van der Waals surface area contributed by atoms with Crippen LogP contribution < -0.4 is 10.1 Å². The minimum atomic E-state index is -0.716. The largest absolute Gasteiger partial charge is 0.492 e. The summed E-state index contributed by atoms with van der Waals surface area (Å²) in [6.07, 6.45) is 1.70. The number of benzene rings is 1. The van der Waals surface area contributed by atoms with Gasteiger partial charge in [0.15, 0.2) is 17.0 Å². The first kappa shape index (κ1) is 17.7. The molecule has 3 atom stereocenters. The molecule has 2 aromatic heterocycles. The van der Waals surface area contributed by atoms with Crippen molar-refractivity contribution >= 4 is 17.0 Å². The third-order valence-corrected chi connectivity index (χ3v) is 4.46. The van der Waals surface area contributed by atoms with Crippen LogP contribution in [0.25, 0.3) is 11.2 Å². The lowest BCUT2D eigenvalue weighted by Gasteiger charge is -2.13. The topological polar surface area (TPSA) is 115 Å². The highest BCUT2D eigenvalue weighted by atomic mass is 16.5. The molecular weight excluding hydrogens is 350 g/mol. The number of imidazole rings is 1. The minimum Gasteiger partial charge on any atom is -0.492 e. The van der Waals surface area contributed by atoms with Gasteiger partial charge in [-0.1, -0.05) is 18.2 Å². The van der Waals surface area contributed by atoms with E-state index in [-0.39, 0.29) is 6.61 Å². The normalized spacial score (nSPS) is 22.2. The molecule has 142 valence electrons. The van der Waals surface area contributed by atoms with E-state index in [9.17, 15) is 10.2 Å². The molecule has 1 fully saturated rings. The fourth-order valence-electron chi connectivity index (χ4n) is 3.10. The Balaban J connectivity index is 1.43. The second-order valence-corrected chi connectivity index (χ2v) is 6.25. The molecule has 0 amide bonds. The number of nitrogens with zero attached hydrogens (tertiary/aromatic N) is 4. The van der Waals surface area contributed by atoms with Gasteiger partial charge < -0.3 is 25.0 Å². The lowest BCUT2D eigenvalue weighted by atomic mass is 10.2. The van der Waals surface area contributed by atoms with Crippen LogP contribution >= 0.6 is 0 Å². The Morgan fingerprint density at radius 3 is 2.85 bits per heavy atom. The maximum Gasteiger partial charge on any atom is 0.167 e. The van der Waals surface area contributed by atoms with Gasteiger partial charge in [0.25, 0.3) is 0 Å². The van der Waals surface area contributed by atoms with E-state index >= 15 is 0 Å². The summed E-state index contributed by atoms with van der Waals surface area (Å²) in [5.41, 5.74) is 1.22. The van der Waals surface area contributed by atoms with Crippen LogP contribution in [0.3, 0.4) is 0 Å². The van der Waals surface area contributed by atoms with Crippen molar-refractivity contribution in [1.82, 2.24) is 19.5 Å². The predicted octanol–water partition coefficient (Wildman–Crippen LogP) is 0.958. The van der Waals surface area contributed by atoms with Crippen molar-refractivity contribution in [2.75, 3.05) is 25.1 Å². The summed E-state index contributed by atoms with van der Waals surface area (Å²) in [4.78, 5) is 12.9. The summed E-state index contributed by atoms with van der Waals surface area (Å²) in [6.45, 7) is 0.804. The molecule has 0 radical (unpaired) electrons. The fraction of sp³-hybridized carbons (Fsp3) is 0.389. The average Bonchev–Trinajstić information content (AvgIpc) is 3.29. The number of aliphatic hydroxyl groups is 2. The van der Waals surface area contributed by atoms with Gasteiger partial charge in [0.2, 0.25) is 0 Å². The van der Waals surface area contributed by atoms with E-state index in [1.165, 1.54) is 6.33 Å². The van der Waals surface area contributed by atoms with Crippen molar-refractivity contribution < 1.29 is 19.7 Å². The number of rotatable bonds is 7. The summed E-state index contributed by atoms with van der Waals surface area (Å²) in [6, 6.07) is 9.59. The van der Waals surface area contributed by atoms with E-state index < -0.39 is 18.4 Å². The Morgan fingerprint density at radius 1 is 1.22 bits per heavy atom. The maximum absolute atomic E-state index is 9.94. The van der Waals surface area contributed by atoms with Crippen molar-refractivity contribution in [2.24, 2.45) is 0 Å². The second-order valence-electron chi connectivity index (χ2n) is 6.25. The number of ether oxygens (including phenoxy) is 2. The van der Waals surface area contributed by atoms with Crippen LogP contribution in [0.2, 0.25) is 0 Å². The number of anilines is 1. The molecule has 9 nitrogen and oxygen atoms in total. The summed E-state index contributed by atoms with van der Waals surface area (Å²) in [5, 5.41) is 22.4. The molecule has 9 heteroatoms. The van der Waals surface area contributed by atoms with Crippen molar-refractivity contribution in [3.63, 3.8) is 0 Å². The highest BCUT2D eigenvalue weighted by Gasteiger charge is 2.35. The minimum absolute atomic E-state index is 0.229. The van der Waals surface area contributed by atoms with Gasteiger partial charge in [0.1, 0.15) is 31.0 Å². The Morgan fingerprint density at radius 2 is 2.07 bits per heavy atom. The van der Waals surface area contributed by atoms with Gasteiger partial charge in [-0.15, -0.1) is 0 Å². The van der Waals surface area contributed by atoms with E-state index in [0.29, 0.717) is 36.6 Å². The first-order chi connectivity index (χ1) is 13.3. The molecule has 4 rings (SSSR count). The highest BCUT2D eigenvalue weighted by Crippen LogP contribution is 2.31. The zero-order chi connectivity index (χ0) is 18.6. The number of fused-ring (bicyclic) bond motifs is 1. The number of aliphatic hydroxyl groups excluding tert-OH is 2. The number of hydrogen-bond donors (Lipinski definition) is 3. The van der Waals surface area contributed by atoms with Gasteiger partial charge in [0.05, 0.1) is 25.6 Å². The third-order valence-electron chi connectivity index (χ3n) is 4.46. The molecule has 0 aliphatic carbocycles. The van der Waals surface area contributed by atoms with Crippen molar-refractivity contribution in [1.29, 1.82) is 0 Å².